The summed E-state index contributed by atoms with van der Waals surface area (Å²) < 4.78 is 123. The predicted octanol–water partition coefficient (Wildman–Crippen LogP) is -3.92. The molecule has 2 fully saturated rings. The zero-order valence-electron chi connectivity index (χ0n) is 53.6. The van der Waals surface area contributed by atoms with E-state index in [-0.39, 0.29) is 78.7 Å². The van der Waals surface area contributed by atoms with Gasteiger partial charge in [0.1, 0.15) is 72.5 Å². The Morgan fingerprint density at radius 1 is 0.583 bits per heavy atom. The summed E-state index contributed by atoms with van der Waals surface area (Å²) in [6, 6.07) is 0. The molecule has 2 aliphatic rings. The first kappa shape index (κ1) is 88.2. The van der Waals surface area contributed by atoms with Crippen LogP contribution in [0.3, 0.4) is 0 Å². The molecule has 4 aromatic heterocycles. The van der Waals surface area contributed by atoms with Crippen LogP contribution < -0.4 is 32.7 Å². The lowest BCUT2D eigenvalue weighted by atomic mass is 9.87. The molecule has 0 aromatic carbocycles. The normalized spacial score (nSPS) is 22.4. The lowest BCUT2D eigenvalue weighted by Gasteiger charge is -2.30. The van der Waals surface area contributed by atoms with Crippen molar-refractivity contribution in [2.75, 3.05) is 75.6 Å². The number of hydrogen-bond donors (Lipinski definition) is 19. The zero-order valence-corrected chi connectivity index (χ0v) is 60.6. The van der Waals surface area contributed by atoms with E-state index in [2.05, 4.69) is 68.8 Å². The molecule has 4 unspecified atom stereocenters. The van der Waals surface area contributed by atoms with Crippen molar-refractivity contribution in [2.45, 2.75) is 102 Å². The number of nitrogen functional groups attached to an aromatic ring is 2. The number of carboxylic acids is 1. The topological polar surface area (TPSA) is 765 Å². The average Bonchev–Trinajstić information content (AvgIpc) is 1.63. The summed E-state index contributed by atoms with van der Waals surface area (Å²) in [5, 5.41) is 59.4. The number of ether oxygens (including phenoxy) is 2. The molecule has 103 heavy (non-hydrogen) atoms. The molecule has 0 aliphatic carbocycles. The highest BCUT2D eigenvalue weighted by Gasteiger charge is 2.52. The van der Waals surface area contributed by atoms with Gasteiger partial charge in [-0.05, 0) is 0 Å². The Bertz CT molecular complexity index is 3960. The van der Waals surface area contributed by atoms with Crippen molar-refractivity contribution in [2.24, 2.45) is 10.8 Å². The predicted molar refractivity (Wildman–Crippen MR) is 344 cm³/mol. The van der Waals surface area contributed by atoms with Crippen molar-refractivity contribution in [1.82, 2.24) is 60.3 Å². The highest BCUT2D eigenvalue weighted by Crippen LogP contribution is 2.63. The van der Waals surface area contributed by atoms with Crippen LogP contribution in [0.5, 0.6) is 0 Å². The van der Waals surface area contributed by atoms with Crippen LogP contribution in [0.25, 0.3) is 22.3 Å². The van der Waals surface area contributed by atoms with E-state index >= 15 is 0 Å². The van der Waals surface area contributed by atoms with Gasteiger partial charge in [-0.25, -0.2) is 62.1 Å². The number of anilines is 2. The number of rotatable bonds is 39. The molecule has 21 N–H and O–H groups in total. The Hall–Kier alpha value is -5.41. The van der Waals surface area contributed by atoms with Crippen LogP contribution in [0.4, 0.5) is 11.6 Å². The van der Waals surface area contributed by atoms with Crippen LogP contribution >= 0.6 is 70.5 Å². The van der Waals surface area contributed by atoms with Gasteiger partial charge < -0.3 is 107 Å². The van der Waals surface area contributed by atoms with E-state index in [0.717, 1.165) is 46.2 Å². The van der Waals surface area contributed by atoms with Crippen molar-refractivity contribution < 1.29 is 171 Å². The number of thioether (sulfide) groups is 2. The summed E-state index contributed by atoms with van der Waals surface area (Å²) in [5.74, 6) is -4.41. The summed E-state index contributed by atoms with van der Waals surface area (Å²) in [6.07, 6.45) is -14.0. The first-order valence-electron chi connectivity index (χ1n) is 28.8. The first-order chi connectivity index (χ1) is 47.6. The van der Waals surface area contributed by atoms with E-state index in [1.807, 2.05) is 0 Å². The second-order valence-corrected chi connectivity index (χ2v) is 33.0. The smallest absolute Gasteiger partial charge is 0.475 e. The van der Waals surface area contributed by atoms with Gasteiger partial charge in [0, 0.05) is 61.4 Å². The number of carbonyl (C=O) groups is 7. The monoisotopic (exact) mass is 1630 g/mol. The fourth-order valence-electron chi connectivity index (χ4n) is 8.57. The molecule has 0 spiro atoms. The molecule has 14 atom stereocenters. The lowest BCUT2D eigenvalue weighted by Crippen LogP contribution is -2.46. The van der Waals surface area contributed by atoms with E-state index in [9.17, 15) is 121 Å². The van der Waals surface area contributed by atoms with Crippen molar-refractivity contribution in [1.29, 1.82) is 0 Å². The minimum absolute atomic E-state index is 0.0153. The molecule has 6 rings (SSSR count). The molecule has 2 saturated heterocycles. The number of phosphoric acid groups is 6. The van der Waals surface area contributed by atoms with Gasteiger partial charge in [0.25, 0.3) is 5.12 Å². The van der Waals surface area contributed by atoms with Gasteiger partial charge in [-0.15, -0.1) is 0 Å². The number of amides is 4. The van der Waals surface area contributed by atoms with Crippen LogP contribution in [-0.2, 0) is 106 Å². The summed E-state index contributed by atoms with van der Waals surface area (Å²) >= 11 is 1.44. The molecule has 0 saturated carbocycles. The molecular formula is C45H72N14O36P6S2. The summed E-state index contributed by atoms with van der Waals surface area (Å²) in [6.45, 7) is 0.532. The number of hydrogen-bond acceptors (Lipinski definition) is 37. The minimum atomic E-state index is -5.59. The maximum absolute atomic E-state index is 12.6. The summed E-state index contributed by atoms with van der Waals surface area (Å²) in [5.41, 5.74) is 9.06. The van der Waals surface area contributed by atoms with E-state index in [1.165, 1.54) is 27.7 Å². The molecule has 0 radical (unpaired) electrons. The van der Waals surface area contributed by atoms with Gasteiger partial charge in [-0.3, -0.25) is 65.0 Å². The number of nitrogens with zero attached hydrogens (tertiary/aromatic N) is 8. The van der Waals surface area contributed by atoms with Crippen molar-refractivity contribution in [3.05, 3.63) is 25.3 Å². The van der Waals surface area contributed by atoms with Crippen molar-refractivity contribution in [3.63, 3.8) is 0 Å². The zero-order chi connectivity index (χ0) is 77.4. The van der Waals surface area contributed by atoms with Crippen LogP contribution in [0.2, 0.25) is 0 Å². The van der Waals surface area contributed by atoms with E-state index in [0.29, 0.717) is 23.1 Å². The maximum atomic E-state index is 12.6. The number of carboxylic acid groups (broad SMARTS) is 1. The molecule has 58 heteroatoms. The standard InChI is InChI=1S/C23H36N7O19P3S.C22H36N7O17P3S/c1-23(2,16(33)19(34)26-4-3-12(31)25-5-6-53-22(37)21(35)36)8-46-52(43,44)49-51(41,42)45-7-11-15(48-50(38,39)40)14(32)20(47-11)30-10-29-13-17(24)27-9-28-18(13)30;1-22(2,17(33)20(34)25-4-3-13(31)24-5-6-50-11-30)8-43-49(40,41)46-48(38,39)42-7-12-16(45-47(35,36)37)15(32)21(44-12)29-10-28-14-18(23)26-9-27-19(14)29/h9-11,14-16,20,32-33H,3-8H2,1-2H3,(H,25,31)(H,26,34)(H,35,36)(H,41,42)(H,43,44)(H2,24,27,28)(H2,38,39,40);9-12,15-17,21,32-33H,3-8H2,1-2H3,(H,24,31)(H,25,34)(H,38,39)(H,40,41)(H2,23,26,27)(H2,35,36,37)/t11-,14-,15-,16+,20-;12-,15-,16-,17+,21-/m11/s1. The lowest BCUT2D eigenvalue weighted by molar-refractivity contribution is -0.144. The first-order valence-corrected chi connectivity index (χ1v) is 39.9. The fourth-order valence-corrected chi connectivity index (χ4v) is 15.1. The molecule has 2 aliphatic heterocycles. The molecule has 0 bridgehead atoms. The Morgan fingerprint density at radius 2 is 0.951 bits per heavy atom. The molecule has 50 nitrogen and oxygen atoms in total. The van der Waals surface area contributed by atoms with Gasteiger partial charge >= 0.3 is 52.9 Å². The van der Waals surface area contributed by atoms with Gasteiger partial charge in [-0.1, -0.05) is 51.2 Å². The Kier molecular flexibility index (Phi) is 32.0. The number of aliphatic carboxylic acids is 1. The SMILES string of the molecule is CC(C)(COP(=O)(O)OP(=O)(O)OC[C@H]1O[C@@H](n2cnc3c(N)ncnc32)[C@H](O)[C@@H]1OP(=O)(O)O)[C@@H](O)C(=O)NCCC(=O)NCCSC(=O)C(=O)O.CC(C)(COP(=O)(O)OP(=O)(O)OC[C@H]1O[C@@H](n2cnc3c(N)ncnc32)[C@H](O)[C@@H]1OP(=O)(O)O)[C@@H](O)C(=O)NCCC(=O)NCCSC=O. The third kappa shape index (κ3) is 27.4. The number of imidazole rings is 2. The number of aliphatic hydroxyl groups is 4. The summed E-state index contributed by atoms with van der Waals surface area (Å²) in [7, 11) is -32.8. The minimum Gasteiger partial charge on any atom is -0.475 e. The molecule has 4 amide bonds. The third-order valence-electron chi connectivity index (χ3n) is 13.6. The number of nitrogens with one attached hydrogen (secondary N) is 4. The van der Waals surface area contributed by atoms with Gasteiger partial charge in [-0.2, -0.15) is 8.62 Å². The maximum Gasteiger partial charge on any atom is 0.481 e. The number of aliphatic hydroxyl groups excluding tert-OH is 4. The largest absolute Gasteiger partial charge is 0.481 e. The number of nitrogens with two attached hydrogens (primary N) is 2. The van der Waals surface area contributed by atoms with Gasteiger partial charge in [0.05, 0.1) is 39.1 Å². The van der Waals surface area contributed by atoms with E-state index in [1.54, 1.807) is 0 Å². The molecule has 6 heterocycles. The number of phosphoric ester groups is 6. The van der Waals surface area contributed by atoms with Crippen LogP contribution in [-0.4, -0.2) is 257 Å². The van der Waals surface area contributed by atoms with E-state index < -0.39 is 180 Å². The highest BCUT2D eigenvalue weighted by atomic mass is 32.2. The molecule has 580 valence electrons. The number of carbonyl (C=O) groups excluding carboxylic acids is 6. The average molecular weight is 1640 g/mol. The third-order valence-corrected chi connectivity index (χ3v) is 21.2. The van der Waals surface area contributed by atoms with Crippen molar-refractivity contribution >= 4 is 145 Å². The molecule has 4 aromatic rings. The van der Waals surface area contributed by atoms with Crippen LogP contribution in [0, 0.1) is 10.8 Å². The second kappa shape index (κ2) is 37.4. The van der Waals surface area contributed by atoms with Crippen LogP contribution in [0.1, 0.15) is 53.0 Å². The van der Waals surface area contributed by atoms with E-state index in [4.69, 9.17) is 44.1 Å². The fraction of sp³-hybridized carbons (Fsp3) is 0.622. The Balaban J connectivity index is 0.000000371. The Morgan fingerprint density at radius 3 is 1.31 bits per heavy atom. The second-order valence-electron chi connectivity index (χ2n) is 22.5. The van der Waals surface area contributed by atoms with Gasteiger partial charge in [0.2, 0.25) is 23.6 Å². The van der Waals surface area contributed by atoms with Gasteiger partial charge in [0.15, 0.2) is 41.0 Å². The molecular weight excluding hydrogens is 1560 g/mol. The summed E-state index contributed by atoms with van der Waals surface area (Å²) in [4.78, 5) is 182. The van der Waals surface area contributed by atoms with Crippen molar-refractivity contribution in [3.8, 4) is 0 Å². The highest BCUT2D eigenvalue weighted by molar-refractivity contribution is 8.15. The number of aromatic nitrogens is 8. The number of fused-ring (bicyclic) bond motifs is 2. The quantitative estimate of drug-likeness (QED) is 0.00878. The Labute approximate surface area is 587 Å². The van der Waals surface area contributed by atoms with Crippen LogP contribution in [0.15, 0.2) is 25.3 Å².